The highest BCUT2D eigenvalue weighted by Gasteiger charge is 2.39. The first-order chi connectivity index (χ1) is 10.7. The van der Waals surface area contributed by atoms with E-state index < -0.39 is 0 Å². The van der Waals surface area contributed by atoms with Crippen LogP contribution >= 0.6 is 0 Å². The third-order valence-corrected chi connectivity index (χ3v) is 5.16. The molecule has 2 atom stereocenters. The summed E-state index contributed by atoms with van der Waals surface area (Å²) in [5.74, 6) is 0.457. The van der Waals surface area contributed by atoms with Crippen LogP contribution in [-0.2, 0) is 11.3 Å². The number of carbonyl (C=O) groups is 1. The summed E-state index contributed by atoms with van der Waals surface area (Å²) in [6.07, 6.45) is 4.84. The molecule has 22 heavy (non-hydrogen) atoms. The summed E-state index contributed by atoms with van der Waals surface area (Å²) in [6, 6.07) is 11.7. The van der Waals surface area contributed by atoms with Crippen molar-refractivity contribution in [2.75, 3.05) is 13.1 Å². The van der Waals surface area contributed by atoms with Crippen molar-refractivity contribution in [2.45, 2.75) is 58.2 Å². The molecule has 3 rings (SSSR count). The SMILES string of the molecule is CC(C)C(=O)N1CCC[C@H]1[C@H]1CCCN1Cc1ccccc1. The number of likely N-dealkylation sites (tertiary alicyclic amines) is 2. The minimum absolute atomic E-state index is 0.115. The van der Waals surface area contributed by atoms with Gasteiger partial charge in [0.2, 0.25) is 5.91 Å². The Kier molecular flexibility index (Phi) is 4.82. The van der Waals surface area contributed by atoms with Gasteiger partial charge in [0.05, 0.1) is 0 Å². The number of nitrogens with zero attached hydrogens (tertiary/aromatic N) is 2. The van der Waals surface area contributed by atoms with Gasteiger partial charge in [-0.2, -0.15) is 0 Å². The maximum absolute atomic E-state index is 12.5. The van der Waals surface area contributed by atoms with Crippen LogP contribution in [0.2, 0.25) is 0 Å². The van der Waals surface area contributed by atoms with Crippen molar-refractivity contribution in [1.29, 1.82) is 0 Å². The van der Waals surface area contributed by atoms with Crippen LogP contribution in [0.15, 0.2) is 30.3 Å². The van der Waals surface area contributed by atoms with Crippen LogP contribution in [0.25, 0.3) is 0 Å². The van der Waals surface area contributed by atoms with Gasteiger partial charge in [0, 0.05) is 31.1 Å². The molecule has 0 bridgehead atoms. The molecule has 0 radical (unpaired) electrons. The monoisotopic (exact) mass is 300 g/mol. The number of rotatable bonds is 4. The second-order valence-electron chi connectivity index (χ2n) is 7.06. The number of hydrogen-bond donors (Lipinski definition) is 0. The van der Waals surface area contributed by atoms with Gasteiger partial charge in [-0.05, 0) is 37.8 Å². The molecule has 2 saturated heterocycles. The third-order valence-electron chi connectivity index (χ3n) is 5.16. The molecule has 3 nitrogen and oxygen atoms in total. The van der Waals surface area contributed by atoms with Crippen LogP contribution in [-0.4, -0.2) is 40.9 Å². The van der Waals surface area contributed by atoms with Crippen LogP contribution < -0.4 is 0 Å². The van der Waals surface area contributed by atoms with Crippen LogP contribution in [0.1, 0.15) is 45.1 Å². The minimum Gasteiger partial charge on any atom is -0.338 e. The smallest absolute Gasteiger partial charge is 0.225 e. The summed E-state index contributed by atoms with van der Waals surface area (Å²) in [6.45, 7) is 7.19. The Morgan fingerprint density at radius 1 is 1.09 bits per heavy atom. The first kappa shape index (κ1) is 15.5. The second kappa shape index (κ2) is 6.82. The number of hydrogen-bond acceptors (Lipinski definition) is 2. The van der Waals surface area contributed by atoms with Crippen LogP contribution in [0.4, 0.5) is 0 Å². The second-order valence-corrected chi connectivity index (χ2v) is 7.06. The predicted molar refractivity (Wildman–Crippen MR) is 89.4 cm³/mol. The Hall–Kier alpha value is -1.35. The lowest BCUT2D eigenvalue weighted by molar-refractivity contribution is -0.136. The van der Waals surface area contributed by atoms with Gasteiger partial charge in [0.15, 0.2) is 0 Å². The van der Waals surface area contributed by atoms with Crippen molar-refractivity contribution in [3.05, 3.63) is 35.9 Å². The summed E-state index contributed by atoms with van der Waals surface area (Å²) in [5, 5.41) is 0. The molecule has 0 unspecified atom stereocenters. The number of amides is 1. The molecule has 1 amide bonds. The van der Waals surface area contributed by atoms with E-state index >= 15 is 0 Å². The first-order valence-electron chi connectivity index (χ1n) is 8.75. The average Bonchev–Trinajstić information content (AvgIpc) is 3.15. The van der Waals surface area contributed by atoms with E-state index in [9.17, 15) is 4.79 Å². The van der Waals surface area contributed by atoms with Crippen LogP contribution in [0, 0.1) is 5.92 Å². The van der Waals surface area contributed by atoms with E-state index in [1.54, 1.807) is 0 Å². The van der Waals surface area contributed by atoms with Gasteiger partial charge < -0.3 is 4.90 Å². The molecule has 0 N–H and O–H groups in total. The fraction of sp³-hybridized carbons (Fsp3) is 0.632. The summed E-state index contributed by atoms with van der Waals surface area (Å²) in [4.78, 5) is 17.3. The zero-order valence-corrected chi connectivity index (χ0v) is 13.9. The van der Waals surface area contributed by atoms with Crippen LogP contribution in [0.3, 0.4) is 0 Å². The summed E-state index contributed by atoms with van der Waals surface area (Å²) in [7, 11) is 0. The summed E-state index contributed by atoms with van der Waals surface area (Å²) in [5.41, 5.74) is 1.38. The molecule has 2 aliphatic heterocycles. The van der Waals surface area contributed by atoms with E-state index in [0.29, 0.717) is 18.0 Å². The lowest BCUT2D eigenvalue weighted by Crippen LogP contribution is -2.49. The van der Waals surface area contributed by atoms with E-state index in [-0.39, 0.29) is 5.92 Å². The zero-order valence-electron chi connectivity index (χ0n) is 13.9. The highest BCUT2D eigenvalue weighted by atomic mass is 16.2. The maximum Gasteiger partial charge on any atom is 0.225 e. The van der Waals surface area contributed by atoms with Gasteiger partial charge in [-0.25, -0.2) is 0 Å². The topological polar surface area (TPSA) is 23.6 Å². The van der Waals surface area contributed by atoms with Gasteiger partial charge in [-0.1, -0.05) is 44.2 Å². The van der Waals surface area contributed by atoms with Crippen molar-refractivity contribution >= 4 is 5.91 Å². The molecule has 0 aliphatic carbocycles. The highest BCUT2D eigenvalue weighted by molar-refractivity contribution is 5.78. The fourth-order valence-electron chi connectivity index (χ4n) is 4.10. The standard InChI is InChI=1S/C19H28N2O/c1-15(2)19(22)21-13-7-11-18(21)17-10-6-12-20(17)14-16-8-4-3-5-9-16/h3-5,8-9,15,17-18H,6-7,10-14H2,1-2H3/t17-,18+/m1/s1. The molecule has 0 spiro atoms. The Bertz CT molecular complexity index is 499. The highest BCUT2D eigenvalue weighted by Crippen LogP contribution is 2.31. The molecule has 2 fully saturated rings. The Labute approximate surface area is 134 Å². The lowest BCUT2D eigenvalue weighted by atomic mass is 10.0. The zero-order chi connectivity index (χ0) is 15.5. The Morgan fingerprint density at radius 2 is 1.77 bits per heavy atom. The van der Waals surface area contributed by atoms with E-state index in [2.05, 4.69) is 40.1 Å². The Morgan fingerprint density at radius 3 is 2.50 bits per heavy atom. The third kappa shape index (κ3) is 3.19. The largest absolute Gasteiger partial charge is 0.338 e. The summed E-state index contributed by atoms with van der Waals surface area (Å²) < 4.78 is 0. The predicted octanol–water partition coefficient (Wildman–Crippen LogP) is 3.30. The van der Waals surface area contributed by atoms with Crippen molar-refractivity contribution in [1.82, 2.24) is 9.80 Å². The van der Waals surface area contributed by atoms with E-state index in [1.165, 1.54) is 37.8 Å². The molecular weight excluding hydrogens is 272 g/mol. The molecule has 3 heteroatoms. The first-order valence-corrected chi connectivity index (χ1v) is 8.75. The van der Waals surface area contributed by atoms with E-state index in [1.807, 2.05) is 13.8 Å². The van der Waals surface area contributed by atoms with Gasteiger partial charge in [-0.15, -0.1) is 0 Å². The van der Waals surface area contributed by atoms with Gasteiger partial charge >= 0.3 is 0 Å². The van der Waals surface area contributed by atoms with Crippen molar-refractivity contribution in [2.24, 2.45) is 5.92 Å². The number of carbonyl (C=O) groups excluding carboxylic acids is 1. The van der Waals surface area contributed by atoms with Crippen molar-refractivity contribution in [3.63, 3.8) is 0 Å². The van der Waals surface area contributed by atoms with Crippen molar-refractivity contribution in [3.8, 4) is 0 Å². The van der Waals surface area contributed by atoms with E-state index in [4.69, 9.17) is 0 Å². The molecule has 1 aromatic carbocycles. The molecule has 0 aromatic heterocycles. The average molecular weight is 300 g/mol. The number of benzene rings is 1. The van der Waals surface area contributed by atoms with Gasteiger partial charge in [-0.3, -0.25) is 9.69 Å². The molecular formula is C19H28N2O. The lowest BCUT2D eigenvalue weighted by Gasteiger charge is -2.36. The molecule has 1 aromatic rings. The fourth-order valence-corrected chi connectivity index (χ4v) is 4.10. The minimum atomic E-state index is 0.115. The normalized spacial score (nSPS) is 26.0. The van der Waals surface area contributed by atoms with Crippen LogP contribution in [0.5, 0.6) is 0 Å². The molecule has 120 valence electrons. The van der Waals surface area contributed by atoms with Gasteiger partial charge in [0.25, 0.3) is 0 Å². The molecule has 2 aliphatic rings. The quantitative estimate of drug-likeness (QED) is 0.852. The summed E-state index contributed by atoms with van der Waals surface area (Å²) >= 11 is 0. The molecule has 0 saturated carbocycles. The Balaban J connectivity index is 1.71. The van der Waals surface area contributed by atoms with E-state index in [0.717, 1.165) is 13.1 Å². The van der Waals surface area contributed by atoms with Gasteiger partial charge in [0.1, 0.15) is 0 Å². The van der Waals surface area contributed by atoms with Crippen molar-refractivity contribution < 1.29 is 4.79 Å². The maximum atomic E-state index is 12.5. The molecule has 2 heterocycles.